The fourth-order valence-corrected chi connectivity index (χ4v) is 3.98. The van der Waals surface area contributed by atoms with E-state index in [0.717, 1.165) is 5.56 Å². The highest BCUT2D eigenvalue weighted by Crippen LogP contribution is 2.25. The quantitative estimate of drug-likeness (QED) is 0.266. The fourth-order valence-electron chi connectivity index (χ4n) is 3.01. The van der Waals surface area contributed by atoms with E-state index in [1.807, 2.05) is 12.1 Å². The Kier molecular flexibility index (Phi) is 5.27. The number of rotatable bonds is 5. The first-order chi connectivity index (χ1) is 14.0. The van der Waals surface area contributed by atoms with Crippen molar-refractivity contribution < 1.29 is 9.18 Å². The molecule has 144 valence electrons. The summed E-state index contributed by atoms with van der Waals surface area (Å²) in [6, 6.07) is 20.4. The van der Waals surface area contributed by atoms with E-state index >= 15 is 0 Å². The molecule has 29 heavy (non-hydrogen) atoms. The molecule has 6 heteroatoms. The van der Waals surface area contributed by atoms with Crippen molar-refractivity contribution in [2.24, 2.45) is 0 Å². The molecule has 1 aromatic heterocycles. The number of hydrogen-bond donors (Lipinski definition) is 0. The van der Waals surface area contributed by atoms with Crippen LogP contribution in [0.2, 0.25) is 0 Å². The van der Waals surface area contributed by atoms with Gasteiger partial charge >= 0.3 is 0 Å². The van der Waals surface area contributed by atoms with Crippen molar-refractivity contribution in [3.05, 3.63) is 100 Å². The molecule has 0 radical (unpaired) electrons. The maximum Gasteiger partial charge on any atom is 0.266 e. The van der Waals surface area contributed by atoms with Crippen molar-refractivity contribution in [2.45, 2.75) is 17.8 Å². The van der Waals surface area contributed by atoms with Gasteiger partial charge in [-0.1, -0.05) is 36.0 Å². The van der Waals surface area contributed by atoms with E-state index in [1.54, 1.807) is 53.1 Å². The van der Waals surface area contributed by atoms with Gasteiger partial charge in [0.05, 0.1) is 16.6 Å². The summed E-state index contributed by atoms with van der Waals surface area (Å²) in [6.07, 6.45) is 0. The summed E-state index contributed by atoms with van der Waals surface area (Å²) < 4.78 is 14.7. The molecule has 4 nitrogen and oxygen atoms in total. The summed E-state index contributed by atoms with van der Waals surface area (Å²) in [5, 5.41) is 1.06. The fraction of sp³-hybridized carbons (Fsp3) is 0.0870. The average Bonchev–Trinajstić information content (AvgIpc) is 2.73. The summed E-state index contributed by atoms with van der Waals surface area (Å²) in [4.78, 5) is 29.5. The van der Waals surface area contributed by atoms with Crippen LogP contribution in [0.3, 0.4) is 0 Å². The van der Waals surface area contributed by atoms with Crippen LogP contribution >= 0.6 is 11.8 Å². The molecular formula is C23H17FN2O2S. The monoisotopic (exact) mass is 404 g/mol. The van der Waals surface area contributed by atoms with Gasteiger partial charge in [-0.25, -0.2) is 9.37 Å². The molecule has 4 aromatic rings. The molecule has 0 aliphatic rings. The third-order valence-electron chi connectivity index (χ3n) is 4.56. The van der Waals surface area contributed by atoms with Crippen LogP contribution in [0.5, 0.6) is 0 Å². The molecule has 0 amide bonds. The Labute approximate surface area is 171 Å². The number of thioether (sulfide) groups is 1. The van der Waals surface area contributed by atoms with Gasteiger partial charge in [0.2, 0.25) is 0 Å². The van der Waals surface area contributed by atoms with E-state index in [1.165, 1.54) is 30.8 Å². The second-order valence-electron chi connectivity index (χ2n) is 6.57. The Hall–Kier alpha value is -3.25. The number of ketones is 1. The van der Waals surface area contributed by atoms with E-state index in [-0.39, 0.29) is 17.2 Å². The minimum atomic E-state index is -0.287. The second-order valence-corrected chi connectivity index (χ2v) is 7.51. The highest BCUT2D eigenvalue weighted by molar-refractivity contribution is 7.98. The van der Waals surface area contributed by atoms with Crippen LogP contribution in [-0.2, 0) is 5.75 Å². The molecule has 0 aliphatic carbocycles. The zero-order valence-electron chi connectivity index (χ0n) is 15.6. The third kappa shape index (κ3) is 3.98. The topological polar surface area (TPSA) is 52.0 Å². The Morgan fingerprint density at radius 1 is 1.00 bits per heavy atom. The van der Waals surface area contributed by atoms with Crippen LogP contribution in [0.1, 0.15) is 22.8 Å². The van der Waals surface area contributed by atoms with E-state index < -0.39 is 0 Å². The zero-order chi connectivity index (χ0) is 20.4. The zero-order valence-corrected chi connectivity index (χ0v) is 16.4. The van der Waals surface area contributed by atoms with Crippen LogP contribution in [-0.4, -0.2) is 15.3 Å². The predicted octanol–water partition coefficient (Wildman–Crippen LogP) is 5.02. The summed E-state index contributed by atoms with van der Waals surface area (Å²) in [6.45, 7) is 1.50. The van der Waals surface area contributed by atoms with Crippen molar-refractivity contribution in [1.29, 1.82) is 0 Å². The number of fused-ring (bicyclic) bond motifs is 1. The Bertz CT molecular complexity index is 1250. The van der Waals surface area contributed by atoms with Crippen molar-refractivity contribution >= 4 is 28.4 Å². The van der Waals surface area contributed by atoms with Crippen molar-refractivity contribution in [1.82, 2.24) is 9.55 Å². The molecule has 0 bridgehead atoms. The number of carbonyl (C=O) groups is 1. The molecule has 3 aromatic carbocycles. The number of carbonyl (C=O) groups excluding carboxylic acids is 1. The number of aromatic nitrogens is 2. The van der Waals surface area contributed by atoms with Crippen LogP contribution in [0.15, 0.2) is 82.7 Å². The minimum absolute atomic E-state index is 0.0357. The van der Waals surface area contributed by atoms with Gasteiger partial charge in [-0.05, 0) is 61.0 Å². The smallest absolute Gasteiger partial charge is 0.266 e. The first-order valence-electron chi connectivity index (χ1n) is 9.03. The molecule has 0 unspecified atom stereocenters. The highest BCUT2D eigenvalue weighted by Gasteiger charge is 2.14. The molecule has 0 spiro atoms. The van der Waals surface area contributed by atoms with Crippen LogP contribution in [0, 0.1) is 5.82 Å². The number of nitrogens with zero attached hydrogens (tertiary/aromatic N) is 2. The lowest BCUT2D eigenvalue weighted by molar-refractivity contribution is 0.101. The van der Waals surface area contributed by atoms with Crippen LogP contribution < -0.4 is 5.56 Å². The number of hydrogen-bond acceptors (Lipinski definition) is 4. The summed E-state index contributed by atoms with van der Waals surface area (Å²) >= 11 is 1.40. The molecule has 4 rings (SSSR count). The van der Waals surface area contributed by atoms with Gasteiger partial charge < -0.3 is 0 Å². The Morgan fingerprint density at radius 2 is 1.69 bits per heavy atom. The number of halogens is 1. The second kappa shape index (κ2) is 8.01. The maximum absolute atomic E-state index is 13.2. The average molecular weight is 404 g/mol. The van der Waals surface area contributed by atoms with E-state index in [9.17, 15) is 14.0 Å². The number of benzene rings is 3. The van der Waals surface area contributed by atoms with E-state index in [4.69, 9.17) is 0 Å². The van der Waals surface area contributed by atoms with Crippen LogP contribution in [0.25, 0.3) is 16.6 Å². The lowest BCUT2D eigenvalue weighted by Gasteiger charge is -2.13. The molecule has 0 saturated carbocycles. The van der Waals surface area contributed by atoms with Gasteiger partial charge in [-0.2, -0.15) is 0 Å². The maximum atomic E-state index is 13.2. The predicted molar refractivity (Wildman–Crippen MR) is 113 cm³/mol. The lowest BCUT2D eigenvalue weighted by Crippen LogP contribution is -2.21. The highest BCUT2D eigenvalue weighted by atomic mass is 32.2. The first-order valence-corrected chi connectivity index (χ1v) is 10.0. The SMILES string of the molecule is CC(=O)c1ccc(-n2c(SCc3ccc(F)cc3)nc3ccccc3c2=O)cc1. The van der Waals surface area contributed by atoms with Gasteiger partial charge in [-0.3, -0.25) is 14.2 Å². The van der Waals surface area contributed by atoms with Gasteiger partial charge in [0.1, 0.15) is 5.82 Å². The first kappa shape index (κ1) is 19.1. The van der Waals surface area contributed by atoms with Gasteiger partial charge in [0, 0.05) is 11.3 Å². The summed E-state index contributed by atoms with van der Waals surface area (Å²) in [5.74, 6) is 0.216. The van der Waals surface area contributed by atoms with Gasteiger partial charge in [0.25, 0.3) is 5.56 Å². The van der Waals surface area contributed by atoms with Crippen LogP contribution in [0.4, 0.5) is 4.39 Å². The molecule has 1 heterocycles. The lowest BCUT2D eigenvalue weighted by atomic mass is 10.1. The van der Waals surface area contributed by atoms with E-state index in [2.05, 4.69) is 4.98 Å². The number of para-hydroxylation sites is 1. The van der Waals surface area contributed by atoms with Crippen molar-refractivity contribution in [3.8, 4) is 5.69 Å². The summed E-state index contributed by atoms with van der Waals surface area (Å²) in [5.41, 5.74) is 2.59. The largest absolute Gasteiger partial charge is 0.295 e. The Morgan fingerprint density at radius 3 is 2.38 bits per heavy atom. The summed E-state index contributed by atoms with van der Waals surface area (Å²) in [7, 11) is 0. The van der Waals surface area contributed by atoms with Crippen molar-refractivity contribution in [2.75, 3.05) is 0 Å². The standard InChI is InChI=1S/C23H17FN2O2S/c1-15(27)17-8-12-19(13-9-17)26-22(28)20-4-2-3-5-21(20)25-23(26)29-14-16-6-10-18(24)11-7-16/h2-13H,14H2,1H3. The molecule has 0 aliphatic heterocycles. The third-order valence-corrected chi connectivity index (χ3v) is 5.57. The molecule has 0 saturated heterocycles. The molecule has 0 fully saturated rings. The minimum Gasteiger partial charge on any atom is -0.295 e. The normalized spacial score (nSPS) is 11.0. The molecular weight excluding hydrogens is 387 g/mol. The van der Waals surface area contributed by atoms with Gasteiger partial charge in [-0.15, -0.1) is 0 Å². The van der Waals surface area contributed by atoms with E-state index in [0.29, 0.717) is 33.1 Å². The molecule has 0 atom stereocenters. The van der Waals surface area contributed by atoms with Gasteiger partial charge in [0.15, 0.2) is 10.9 Å². The number of Topliss-reactive ketones (excluding diaryl/α,β-unsaturated/α-hetero) is 1. The molecule has 0 N–H and O–H groups in total. The van der Waals surface area contributed by atoms with Crippen molar-refractivity contribution in [3.63, 3.8) is 0 Å². The Balaban J connectivity index is 1.80.